The van der Waals surface area contributed by atoms with Crippen molar-refractivity contribution < 1.29 is 9.47 Å². The average molecular weight is 566 g/mol. The highest BCUT2D eigenvalue weighted by Crippen LogP contribution is 2.24. The molecule has 7 nitrogen and oxygen atoms in total. The fraction of sp³-hybridized carbons (Fsp3) is 0.682. The van der Waals surface area contributed by atoms with Gasteiger partial charge in [-0.15, -0.1) is 24.0 Å². The van der Waals surface area contributed by atoms with Crippen LogP contribution < -0.4 is 10.6 Å². The van der Waals surface area contributed by atoms with Gasteiger partial charge in [0.25, 0.3) is 0 Å². The first kappa shape index (κ1) is 26.6. The Morgan fingerprint density at radius 2 is 1.68 bits per heavy atom. The monoisotopic (exact) mass is 565 g/mol. The molecule has 31 heavy (non-hydrogen) atoms. The van der Waals surface area contributed by atoms with Crippen LogP contribution in [0.25, 0.3) is 0 Å². The third kappa shape index (κ3) is 9.39. The van der Waals surface area contributed by atoms with Gasteiger partial charge in [-0.2, -0.15) is 0 Å². The van der Waals surface area contributed by atoms with E-state index in [1.165, 1.54) is 5.56 Å². The predicted octanol–water partition coefficient (Wildman–Crippen LogP) is 2.61. The Balaban J connectivity index is 0.00000341. The smallest absolute Gasteiger partial charge is 0.191 e. The summed E-state index contributed by atoms with van der Waals surface area (Å²) in [7, 11) is 0. The molecule has 9 heteroatoms. The summed E-state index contributed by atoms with van der Waals surface area (Å²) in [5, 5.41) is 7.64. The minimum Gasteiger partial charge on any atom is -0.379 e. The standard InChI is InChI=1S/C22H36ClN5O2.HI/c1-2-24-22(25-8-3-9-27-10-14-29-15-11-27)26-18-21(28-12-16-30-17-13-28)19-4-6-20(23)7-5-19;/h4-7,21H,2-3,8-18H2,1H3,(H2,24,25,26);1H. The number of rotatable bonds is 9. The van der Waals surface area contributed by atoms with Crippen LogP contribution in [0.3, 0.4) is 0 Å². The lowest BCUT2D eigenvalue weighted by Crippen LogP contribution is -2.42. The molecule has 1 unspecified atom stereocenters. The number of halogens is 2. The second kappa shape index (κ2) is 15.2. The first-order valence-corrected chi connectivity index (χ1v) is 11.5. The van der Waals surface area contributed by atoms with Crippen molar-refractivity contribution in [2.24, 2.45) is 4.99 Å². The van der Waals surface area contributed by atoms with E-state index >= 15 is 0 Å². The maximum Gasteiger partial charge on any atom is 0.191 e. The number of aliphatic imine (C=N–C) groups is 1. The normalized spacial score (nSPS) is 19.5. The zero-order chi connectivity index (χ0) is 21.0. The summed E-state index contributed by atoms with van der Waals surface area (Å²) >= 11 is 6.11. The van der Waals surface area contributed by atoms with Crippen molar-refractivity contribution in [3.05, 3.63) is 34.9 Å². The molecule has 1 atom stereocenters. The molecule has 2 aliphatic heterocycles. The van der Waals surface area contributed by atoms with Crippen LogP contribution in [-0.4, -0.2) is 94.5 Å². The van der Waals surface area contributed by atoms with E-state index in [0.29, 0.717) is 6.54 Å². The molecule has 0 bridgehead atoms. The maximum atomic E-state index is 6.11. The van der Waals surface area contributed by atoms with Crippen molar-refractivity contribution >= 4 is 41.5 Å². The van der Waals surface area contributed by atoms with Crippen LogP contribution in [0.5, 0.6) is 0 Å². The molecule has 2 N–H and O–H groups in total. The number of nitrogens with one attached hydrogen (secondary N) is 2. The zero-order valence-electron chi connectivity index (χ0n) is 18.5. The van der Waals surface area contributed by atoms with Gasteiger partial charge >= 0.3 is 0 Å². The first-order valence-electron chi connectivity index (χ1n) is 11.2. The largest absolute Gasteiger partial charge is 0.379 e. The molecule has 3 rings (SSSR count). The molecule has 2 heterocycles. The highest BCUT2D eigenvalue weighted by atomic mass is 127. The van der Waals surface area contributed by atoms with Gasteiger partial charge in [0.15, 0.2) is 5.96 Å². The molecule has 176 valence electrons. The third-order valence-corrected chi connectivity index (χ3v) is 5.81. The second-order valence-electron chi connectivity index (χ2n) is 7.67. The Labute approximate surface area is 208 Å². The van der Waals surface area contributed by atoms with Crippen LogP contribution in [0.2, 0.25) is 5.02 Å². The number of hydrogen-bond acceptors (Lipinski definition) is 5. The van der Waals surface area contributed by atoms with Crippen LogP contribution in [0.15, 0.2) is 29.3 Å². The molecule has 0 aromatic heterocycles. The molecule has 2 saturated heterocycles. The van der Waals surface area contributed by atoms with Crippen molar-refractivity contribution in [2.45, 2.75) is 19.4 Å². The van der Waals surface area contributed by atoms with Gasteiger partial charge in [-0.05, 0) is 37.6 Å². The fourth-order valence-corrected chi connectivity index (χ4v) is 3.99. The number of benzene rings is 1. The first-order chi connectivity index (χ1) is 14.8. The van der Waals surface area contributed by atoms with Crippen molar-refractivity contribution in [1.29, 1.82) is 0 Å². The Kier molecular flexibility index (Phi) is 13.1. The van der Waals surface area contributed by atoms with Crippen LogP contribution in [0.4, 0.5) is 0 Å². The molecule has 0 amide bonds. The van der Waals surface area contributed by atoms with Gasteiger partial charge in [0, 0.05) is 44.3 Å². The molecule has 2 fully saturated rings. The summed E-state index contributed by atoms with van der Waals surface area (Å²) in [6.07, 6.45) is 1.09. The maximum absolute atomic E-state index is 6.11. The minimum absolute atomic E-state index is 0. The summed E-state index contributed by atoms with van der Waals surface area (Å²) in [5.74, 6) is 0.881. The molecule has 1 aromatic carbocycles. The zero-order valence-corrected chi connectivity index (χ0v) is 21.6. The summed E-state index contributed by atoms with van der Waals surface area (Å²) < 4.78 is 11.0. The van der Waals surface area contributed by atoms with Crippen LogP contribution >= 0.6 is 35.6 Å². The minimum atomic E-state index is 0. The van der Waals surface area contributed by atoms with Gasteiger partial charge in [-0.3, -0.25) is 14.8 Å². The number of hydrogen-bond donors (Lipinski definition) is 2. The Bertz CT molecular complexity index is 637. The topological polar surface area (TPSA) is 61.4 Å². The highest BCUT2D eigenvalue weighted by Gasteiger charge is 2.22. The van der Waals surface area contributed by atoms with E-state index in [-0.39, 0.29) is 30.0 Å². The van der Waals surface area contributed by atoms with Gasteiger partial charge in [0.05, 0.1) is 39.0 Å². The number of guanidine groups is 1. The number of ether oxygens (including phenoxy) is 2. The van der Waals surface area contributed by atoms with Crippen LogP contribution in [0, 0.1) is 0 Å². The van der Waals surface area contributed by atoms with Gasteiger partial charge in [0.1, 0.15) is 0 Å². The molecular formula is C22H37ClIN5O2. The van der Waals surface area contributed by atoms with Crippen molar-refractivity contribution in [3.8, 4) is 0 Å². The van der Waals surface area contributed by atoms with Gasteiger partial charge in [0.2, 0.25) is 0 Å². The Hall–Kier alpha value is -0.650. The third-order valence-electron chi connectivity index (χ3n) is 5.56. The summed E-state index contributed by atoms with van der Waals surface area (Å²) in [5.41, 5.74) is 1.24. The molecular weight excluding hydrogens is 529 g/mol. The highest BCUT2D eigenvalue weighted by molar-refractivity contribution is 14.0. The molecule has 0 radical (unpaired) electrons. The quantitative estimate of drug-likeness (QED) is 0.208. The van der Waals surface area contributed by atoms with E-state index < -0.39 is 0 Å². The average Bonchev–Trinajstić information content (AvgIpc) is 2.79. The molecule has 2 aliphatic rings. The van der Waals surface area contributed by atoms with Crippen molar-refractivity contribution in [1.82, 2.24) is 20.4 Å². The number of nitrogens with zero attached hydrogens (tertiary/aromatic N) is 3. The Morgan fingerprint density at radius 1 is 1.03 bits per heavy atom. The van der Waals surface area contributed by atoms with Crippen molar-refractivity contribution in [3.63, 3.8) is 0 Å². The van der Waals surface area contributed by atoms with E-state index in [9.17, 15) is 0 Å². The Morgan fingerprint density at radius 3 is 2.32 bits per heavy atom. The van der Waals surface area contributed by atoms with Gasteiger partial charge < -0.3 is 20.1 Å². The van der Waals surface area contributed by atoms with Crippen molar-refractivity contribution in [2.75, 3.05) is 78.8 Å². The van der Waals surface area contributed by atoms with E-state index in [2.05, 4.69) is 39.5 Å². The summed E-state index contributed by atoms with van der Waals surface area (Å²) in [6, 6.07) is 8.36. The lowest BCUT2D eigenvalue weighted by Gasteiger charge is -2.34. The van der Waals surface area contributed by atoms with E-state index in [1.54, 1.807) is 0 Å². The van der Waals surface area contributed by atoms with Gasteiger partial charge in [-0.25, -0.2) is 0 Å². The van der Waals surface area contributed by atoms with E-state index in [4.69, 9.17) is 26.1 Å². The summed E-state index contributed by atoms with van der Waals surface area (Å²) in [4.78, 5) is 9.84. The van der Waals surface area contributed by atoms with E-state index in [0.717, 1.165) is 89.6 Å². The predicted molar refractivity (Wildman–Crippen MR) is 138 cm³/mol. The SMILES string of the molecule is CCNC(=NCC(c1ccc(Cl)cc1)N1CCOCC1)NCCCN1CCOCC1.I. The lowest BCUT2D eigenvalue weighted by atomic mass is 10.0. The van der Waals surface area contributed by atoms with E-state index in [1.807, 2.05) is 12.1 Å². The van der Waals surface area contributed by atoms with Crippen LogP contribution in [-0.2, 0) is 9.47 Å². The fourth-order valence-electron chi connectivity index (χ4n) is 3.86. The molecule has 0 aliphatic carbocycles. The lowest BCUT2D eigenvalue weighted by molar-refractivity contribution is 0.0179. The van der Waals surface area contributed by atoms with Gasteiger partial charge in [-0.1, -0.05) is 23.7 Å². The summed E-state index contributed by atoms with van der Waals surface area (Å²) in [6.45, 7) is 12.8. The number of morpholine rings is 2. The molecule has 0 saturated carbocycles. The second-order valence-corrected chi connectivity index (χ2v) is 8.11. The molecule has 1 aromatic rings. The van der Waals surface area contributed by atoms with Crippen LogP contribution in [0.1, 0.15) is 24.9 Å². The molecule has 0 spiro atoms.